The molecule has 8 heteroatoms. The Labute approximate surface area is 110 Å². The van der Waals surface area contributed by atoms with Gasteiger partial charge in [0.15, 0.2) is 0 Å². The number of amides is 3. The Bertz CT molecular complexity index is 346. The van der Waals surface area contributed by atoms with Crippen LogP contribution in [0.3, 0.4) is 0 Å². The SMILES string of the molecule is CNC(=O)NC(=O)C(C)SC(C)(C)[C@@H](N)C(=O)O. The second kappa shape index (κ2) is 6.60. The number of carbonyl (C=O) groups excluding carboxylic acids is 2. The van der Waals surface area contributed by atoms with E-state index in [9.17, 15) is 14.4 Å². The largest absolute Gasteiger partial charge is 0.480 e. The predicted octanol–water partition coefficient (Wildman–Crippen LogP) is -0.246. The van der Waals surface area contributed by atoms with Gasteiger partial charge in [0, 0.05) is 11.8 Å². The second-order valence-corrected chi connectivity index (χ2v) is 6.24. The first-order valence-electron chi connectivity index (χ1n) is 5.30. The molecule has 0 radical (unpaired) electrons. The Morgan fingerprint density at radius 3 is 2.22 bits per heavy atom. The van der Waals surface area contributed by atoms with Crippen LogP contribution in [0.5, 0.6) is 0 Å². The zero-order chi connectivity index (χ0) is 14.5. The Balaban J connectivity index is 4.55. The van der Waals surface area contributed by atoms with Gasteiger partial charge in [0.05, 0.1) is 5.25 Å². The molecule has 104 valence electrons. The van der Waals surface area contributed by atoms with E-state index in [0.717, 1.165) is 11.8 Å². The first kappa shape index (κ1) is 16.7. The lowest BCUT2D eigenvalue weighted by atomic mass is 10.1. The number of rotatable bonds is 5. The summed E-state index contributed by atoms with van der Waals surface area (Å²) in [5.41, 5.74) is 5.54. The summed E-state index contributed by atoms with van der Waals surface area (Å²) in [5, 5.41) is 12.6. The monoisotopic (exact) mass is 277 g/mol. The van der Waals surface area contributed by atoms with E-state index in [-0.39, 0.29) is 0 Å². The zero-order valence-electron chi connectivity index (χ0n) is 10.8. The molecule has 0 rings (SSSR count). The fourth-order valence-corrected chi connectivity index (χ4v) is 2.48. The third kappa shape index (κ3) is 4.92. The minimum atomic E-state index is -1.13. The molecule has 0 heterocycles. The first-order valence-corrected chi connectivity index (χ1v) is 6.18. The Kier molecular flexibility index (Phi) is 6.13. The number of carboxylic acid groups (broad SMARTS) is 1. The van der Waals surface area contributed by atoms with E-state index in [1.165, 1.54) is 7.05 Å². The quantitative estimate of drug-likeness (QED) is 0.550. The number of nitrogens with one attached hydrogen (secondary N) is 2. The Hall–Kier alpha value is -1.28. The van der Waals surface area contributed by atoms with Crippen molar-refractivity contribution in [3.63, 3.8) is 0 Å². The number of hydrogen-bond donors (Lipinski definition) is 4. The maximum atomic E-state index is 11.6. The molecule has 0 aromatic rings. The van der Waals surface area contributed by atoms with Crippen molar-refractivity contribution in [3.05, 3.63) is 0 Å². The van der Waals surface area contributed by atoms with Crippen molar-refractivity contribution in [1.82, 2.24) is 10.6 Å². The van der Waals surface area contributed by atoms with Gasteiger partial charge >= 0.3 is 12.0 Å². The van der Waals surface area contributed by atoms with Crippen LogP contribution in [0.15, 0.2) is 0 Å². The lowest BCUT2D eigenvalue weighted by Crippen LogP contribution is -2.49. The fraction of sp³-hybridized carbons (Fsp3) is 0.700. The molecular formula is C10H19N3O4S. The van der Waals surface area contributed by atoms with Crippen molar-refractivity contribution < 1.29 is 19.5 Å². The smallest absolute Gasteiger partial charge is 0.321 e. The summed E-state index contributed by atoms with van der Waals surface area (Å²) >= 11 is 1.10. The van der Waals surface area contributed by atoms with Gasteiger partial charge in [-0.2, -0.15) is 0 Å². The van der Waals surface area contributed by atoms with Gasteiger partial charge in [-0.25, -0.2) is 4.79 Å². The van der Waals surface area contributed by atoms with E-state index in [2.05, 4.69) is 10.6 Å². The molecule has 0 saturated heterocycles. The van der Waals surface area contributed by atoms with Crippen molar-refractivity contribution in [2.24, 2.45) is 5.73 Å². The number of nitrogens with two attached hydrogens (primary N) is 1. The maximum Gasteiger partial charge on any atom is 0.321 e. The van der Waals surface area contributed by atoms with Crippen LogP contribution in [0.4, 0.5) is 4.79 Å². The summed E-state index contributed by atoms with van der Waals surface area (Å²) in [6, 6.07) is -1.70. The van der Waals surface area contributed by atoms with Crippen LogP contribution in [0.1, 0.15) is 20.8 Å². The molecule has 0 spiro atoms. The van der Waals surface area contributed by atoms with Gasteiger partial charge in [-0.3, -0.25) is 14.9 Å². The Morgan fingerprint density at radius 1 is 1.33 bits per heavy atom. The number of hydrogen-bond acceptors (Lipinski definition) is 5. The average Bonchev–Trinajstić information content (AvgIpc) is 2.26. The van der Waals surface area contributed by atoms with E-state index in [1.807, 2.05) is 0 Å². The summed E-state index contributed by atoms with van der Waals surface area (Å²) in [4.78, 5) is 33.4. The molecule has 7 nitrogen and oxygen atoms in total. The molecule has 0 saturated carbocycles. The minimum absolute atomic E-state index is 0.495. The highest BCUT2D eigenvalue weighted by Gasteiger charge is 2.35. The summed E-state index contributed by atoms with van der Waals surface area (Å²) < 4.78 is -0.828. The molecule has 2 atom stereocenters. The van der Waals surface area contributed by atoms with Crippen molar-refractivity contribution in [2.75, 3.05) is 7.05 Å². The van der Waals surface area contributed by atoms with Crippen LogP contribution in [0.25, 0.3) is 0 Å². The van der Waals surface area contributed by atoms with E-state index < -0.39 is 33.9 Å². The number of thioether (sulfide) groups is 1. The van der Waals surface area contributed by atoms with Gasteiger partial charge in [0.25, 0.3) is 0 Å². The van der Waals surface area contributed by atoms with Gasteiger partial charge in [-0.15, -0.1) is 11.8 Å². The van der Waals surface area contributed by atoms with Crippen molar-refractivity contribution in [1.29, 1.82) is 0 Å². The molecule has 18 heavy (non-hydrogen) atoms. The van der Waals surface area contributed by atoms with E-state index >= 15 is 0 Å². The highest BCUT2D eigenvalue weighted by molar-refractivity contribution is 8.02. The molecular weight excluding hydrogens is 258 g/mol. The molecule has 0 aliphatic carbocycles. The molecule has 0 bridgehead atoms. The van der Waals surface area contributed by atoms with Crippen LogP contribution in [0, 0.1) is 0 Å². The van der Waals surface area contributed by atoms with E-state index in [0.29, 0.717) is 0 Å². The minimum Gasteiger partial charge on any atom is -0.480 e. The molecule has 1 unspecified atom stereocenters. The third-order valence-electron chi connectivity index (χ3n) is 2.33. The summed E-state index contributed by atoms with van der Waals surface area (Å²) in [6.07, 6.45) is 0. The third-order valence-corrected chi connectivity index (χ3v) is 3.76. The van der Waals surface area contributed by atoms with Crippen LogP contribution in [-0.4, -0.2) is 46.1 Å². The number of imide groups is 1. The Morgan fingerprint density at radius 2 is 1.83 bits per heavy atom. The molecule has 0 fully saturated rings. The normalized spacial score (nSPS) is 14.5. The van der Waals surface area contributed by atoms with Crippen LogP contribution >= 0.6 is 11.8 Å². The number of aliphatic carboxylic acids is 1. The van der Waals surface area contributed by atoms with Crippen LogP contribution in [-0.2, 0) is 9.59 Å². The lowest BCUT2D eigenvalue weighted by molar-refractivity contribution is -0.139. The van der Waals surface area contributed by atoms with E-state index in [4.69, 9.17) is 10.8 Å². The molecule has 5 N–H and O–H groups in total. The van der Waals surface area contributed by atoms with Gasteiger partial charge < -0.3 is 16.2 Å². The second-order valence-electron chi connectivity index (χ2n) is 4.25. The number of carbonyl (C=O) groups is 3. The molecule has 0 aliphatic rings. The molecule has 3 amide bonds. The molecule has 0 aromatic carbocycles. The zero-order valence-corrected chi connectivity index (χ0v) is 11.6. The first-order chi connectivity index (χ1) is 8.11. The summed E-state index contributed by atoms with van der Waals surface area (Å²) in [6.45, 7) is 4.86. The predicted molar refractivity (Wildman–Crippen MR) is 69.3 cm³/mol. The van der Waals surface area contributed by atoms with Crippen molar-refractivity contribution in [3.8, 4) is 0 Å². The van der Waals surface area contributed by atoms with Gasteiger partial charge in [0.1, 0.15) is 6.04 Å². The number of carboxylic acids is 1. The topological polar surface area (TPSA) is 122 Å². The molecule has 0 aromatic heterocycles. The van der Waals surface area contributed by atoms with Crippen molar-refractivity contribution in [2.45, 2.75) is 36.8 Å². The van der Waals surface area contributed by atoms with Crippen LogP contribution in [0.2, 0.25) is 0 Å². The maximum absolute atomic E-state index is 11.6. The van der Waals surface area contributed by atoms with Gasteiger partial charge in [-0.1, -0.05) is 0 Å². The van der Waals surface area contributed by atoms with Gasteiger partial charge in [0.2, 0.25) is 5.91 Å². The highest BCUT2D eigenvalue weighted by Crippen LogP contribution is 2.31. The molecule has 0 aliphatic heterocycles. The van der Waals surface area contributed by atoms with Crippen LogP contribution < -0.4 is 16.4 Å². The fourth-order valence-electron chi connectivity index (χ4n) is 1.16. The highest BCUT2D eigenvalue weighted by atomic mass is 32.2. The summed E-state index contributed by atoms with van der Waals surface area (Å²) in [7, 11) is 1.39. The summed E-state index contributed by atoms with van der Waals surface area (Å²) in [5.74, 6) is -1.63. The lowest BCUT2D eigenvalue weighted by Gasteiger charge is -2.30. The average molecular weight is 277 g/mol. The standard InChI is InChI=1S/C10H19N3O4S/c1-5(7(14)13-9(17)12-4)18-10(2,3)6(11)8(15)16/h5-6H,11H2,1-4H3,(H,15,16)(H2,12,13,14,17)/t5?,6-/m0/s1. The van der Waals surface area contributed by atoms with E-state index in [1.54, 1.807) is 20.8 Å². The van der Waals surface area contributed by atoms with Crippen molar-refractivity contribution >= 4 is 29.7 Å². The van der Waals surface area contributed by atoms with Gasteiger partial charge in [-0.05, 0) is 20.8 Å². The number of urea groups is 1.